The Bertz CT molecular complexity index is 381. The summed E-state index contributed by atoms with van der Waals surface area (Å²) in [7, 11) is 1.17. The molecule has 0 aliphatic carbocycles. The predicted octanol–water partition coefficient (Wildman–Crippen LogP) is 0.445. The van der Waals surface area contributed by atoms with Gasteiger partial charge >= 0.3 is 5.97 Å². The number of aromatic hydroxyl groups is 1. The number of pyridine rings is 1. The van der Waals surface area contributed by atoms with Crippen molar-refractivity contribution in [3.8, 4) is 11.8 Å². The van der Waals surface area contributed by atoms with Crippen LogP contribution in [0.4, 0.5) is 0 Å². The Kier molecular flexibility index (Phi) is 2.45. The lowest BCUT2D eigenvalue weighted by atomic mass is 10.1. The van der Waals surface area contributed by atoms with Gasteiger partial charge in [-0.3, -0.25) is 4.98 Å². The lowest BCUT2D eigenvalue weighted by Gasteiger charge is -2.02. The molecule has 0 saturated carbocycles. The van der Waals surface area contributed by atoms with Gasteiger partial charge < -0.3 is 9.84 Å². The number of carbonyl (C=O) groups excluding carboxylic acids is 1. The maximum atomic E-state index is 11.1. The van der Waals surface area contributed by atoms with Crippen molar-refractivity contribution >= 4 is 5.97 Å². The van der Waals surface area contributed by atoms with Gasteiger partial charge in [-0.25, -0.2) is 4.79 Å². The number of carbonyl (C=O) groups is 1. The third-order valence-corrected chi connectivity index (χ3v) is 1.44. The number of hydrogen-bond donors (Lipinski definition) is 1. The summed E-state index contributed by atoms with van der Waals surface area (Å²) in [4.78, 5) is 14.6. The molecule has 0 atom stereocenters. The molecule has 1 rings (SSSR count). The van der Waals surface area contributed by atoms with Crippen LogP contribution < -0.4 is 0 Å². The Morgan fingerprint density at radius 3 is 2.92 bits per heavy atom. The van der Waals surface area contributed by atoms with Crippen molar-refractivity contribution in [1.29, 1.82) is 5.26 Å². The molecule has 0 aromatic carbocycles. The molecule has 0 amide bonds. The molecule has 0 bridgehead atoms. The lowest BCUT2D eigenvalue weighted by molar-refractivity contribution is 0.0597. The SMILES string of the molecule is COC(=O)c1c(O)cncc1C#N. The standard InChI is InChI=1S/C8H6N2O3/c1-13-8(12)7-5(2-9)3-10-4-6(7)11/h3-4,11H,1H3. The predicted molar refractivity (Wildman–Crippen MR) is 42.0 cm³/mol. The fourth-order valence-corrected chi connectivity index (χ4v) is 0.851. The number of methoxy groups -OCH3 is 1. The number of ether oxygens (including phenoxy) is 1. The highest BCUT2D eigenvalue weighted by Gasteiger charge is 2.16. The van der Waals surface area contributed by atoms with E-state index in [1.165, 1.54) is 13.3 Å². The van der Waals surface area contributed by atoms with Crippen molar-refractivity contribution in [1.82, 2.24) is 4.98 Å². The van der Waals surface area contributed by atoms with Crippen LogP contribution in [0.25, 0.3) is 0 Å². The molecule has 13 heavy (non-hydrogen) atoms. The minimum absolute atomic E-state index is 0.00755. The van der Waals surface area contributed by atoms with Crippen LogP contribution in [0.1, 0.15) is 15.9 Å². The first kappa shape index (κ1) is 9.00. The van der Waals surface area contributed by atoms with E-state index in [2.05, 4.69) is 9.72 Å². The highest BCUT2D eigenvalue weighted by Crippen LogP contribution is 2.19. The maximum Gasteiger partial charge on any atom is 0.343 e. The molecule has 5 nitrogen and oxygen atoms in total. The minimum Gasteiger partial charge on any atom is -0.505 e. The summed E-state index contributed by atoms with van der Waals surface area (Å²) in [6, 6.07) is 1.73. The van der Waals surface area contributed by atoms with E-state index in [0.717, 1.165) is 6.20 Å². The van der Waals surface area contributed by atoms with Crippen molar-refractivity contribution in [2.24, 2.45) is 0 Å². The van der Waals surface area contributed by atoms with Gasteiger partial charge in [0.1, 0.15) is 17.4 Å². The fraction of sp³-hybridized carbons (Fsp3) is 0.125. The lowest BCUT2D eigenvalue weighted by Crippen LogP contribution is -2.04. The van der Waals surface area contributed by atoms with E-state index in [1.807, 2.05) is 0 Å². The van der Waals surface area contributed by atoms with Gasteiger partial charge in [-0.2, -0.15) is 5.26 Å². The number of esters is 1. The van der Waals surface area contributed by atoms with Crippen LogP contribution in [0.15, 0.2) is 12.4 Å². The number of nitriles is 1. The van der Waals surface area contributed by atoms with E-state index in [-0.39, 0.29) is 16.9 Å². The van der Waals surface area contributed by atoms with E-state index < -0.39 is 5.97 Å². The van der Waals surface area contributed by atoms with Crippen molar-refractivity contribution < 1.29 is 14.6 Å². The van der Waals surface area contributed by atoms with E-state index in [9.17, 15) is 9.90 Å². The minimum atomic E-state index is -0.753. The zero-order chi connectivity index (χ0) is 9.84. The summed E-state index contributed by atoms with van der Waals surface area (Å²) in [5.74, 6) is -1.11. The van der Waals surface area contributed by atoms with Gasteiger partial charge in [0.05, 0.1) is 18.9 Å². The number of hydrogen-bond acceptors (Lipinski definition) is 5. The zero-order valence-corrected chi connectivity index (χ0v) is 6.81. The average Bonchev–Trinajstić information content (AvgIpc) is 2.16. The largest absolute Gasteiger partial charge is 0.505 e. The van der Waals surface area contributed by atoms with Gasteiger partial charge in [0.25, 0.3) is 0 Å². The number of aromatic nitrogens is 1. The molecule has 0 saturated heterocycles. The normalized spacial score (nSPS) is 8.92. The summed E-state index contributed by atoms with van der Waals surface area (Å²) in [5.41, 5.74) is -0.160. The second-order valence-electron chi connectivity index (χ2n) is 2.18. The molecule has 0 fully saturated rings. The third kappa shape index (κ3) is 1.56. The third-order valence-electron chi connectivity index (χ3n) is 1.44. The molecular weight excluding hydrogens is 172 g/mol. The molecule has 0 unspecified atom stereocenters. The molecule has 0 aliphatic heterocycles. The van der Waals surface area contributed by atoms with Crippen molar-refractivity contribution in [2.75, 3.05) is 7.11 Å². The van der Waals surface area contributed by atoms with Crippen LogP contribution in [-0.4, -0.2) is 23.2 Å². The molecule has 0 radical (unpaired) electrons. The topological polar surface area (TPSA) is 83.2 Å². The van der Waals surface area contributed by atoms with Crippen LogP contribution in [-0.2, 0) is 4.74 Å². The van der Waals surface area contributed by atoms with E-state index in [1.54, 1.807) is 6.07 Å². The van der Waals surface area contributed by atoms with Gasteiger partial charge in [0.15, 0.2) is 0 Å². The molecular formula is C8H6N2O3. The van der Waals surface area contributed by atoms with Crippen molar-refractivity contribution in [3.05, 3.63) is 23.5 Å². The van der Waals surface area contributed by atoms with Gasteiger partial charge in [0.2, 0.25) is 0 Å². The average molecular weight is 178 g/mol. The van der Waals surface area contributed by atoms with Gasteiger partial charge in [-0.15, -0.1) is 0 Å². The van der Waals surface area contributed by atoms with Crippen LogP contribution in [0.3, 0.4) is 0 Å². The molecule has 5 heteroatoms. The molecule has 1 aromatic rings. The summed E-state index contributed by atoms with van der Waals surface area (Å²) in [5, 5.41) is 17.8. The molecule has 1 aromatic heterocycles. The summed E-state index contributed by atoms with van der Waals surface area (Å²) in [6.07, 6.45) is 2.26. The molecule has 1 heterocycles. The molecule has 66 valence electrons. The Morgan fingerprint density at radius 1 is 1.69 bits per heavy atom. The van der Waals surface area contributed by atoms with Crippen LogP contribution in [0.2, 0.25) is 0 Å². The smallest absolute Gasteiger partial charge is 0.343 e. The Morgan fingerprint density at radius 2 is 2.38 bits per heavy atom. The second-order valence-corrected chi connectivity index (χ2v) is 2.18. The highest BCUT2D eigenvalue weighted by molar-refractivity contribution is 5.94. The van der Waals surface area contributed by atoms with E-state index in [4.69, 9.17) is 5.26 Å². The Balaban J connectivity index is 3.33. The number of nitrogens with zero attached hydrogens (tertiary/aromatic N) is 2. The summed E-state index contributed by atoms with van der Waals surface area (Å²) < 4.78 is 4.38. The summed E-state index contributed by atoms with van der Waals surface area (Å²) >= 11 is 0. The zero-order valence-electron chi connectivity index (χ0n) is 6.81. The summed E-state index contributed by atoms with van der Waals surface area (Å²) in [6.45, 7) is 0. The van der Waals surface area contributed by atoms with E-state index >= 15 is 0 Å². The first-order valence-corrected chi connectivity index (χ1v) is 3.36. The van der Waals surface area contributed by atoms with Crippen LogP contribution in [0.5, 0.6) is 5.75 Å². The van der Waals surface area contributed by atoms with Gasteiger partial charge in [-0.05, 0) is 0 Å². The maximum absolute atomic E-state index is 11.1. The second kappa shape index (κ2) is 3.54. The van der Waals surface area contributed by atoms with Crippen LogP contribution >= 0.6 is 0 Å². The fourth-order valence-electron chi connectivity index (χ4n) is 0.851. The van der Waals surface area contributed by atoms with Crippen molar-refractivity contribution in [2.45, 2.75) is 0 Å². The monoisotopic (exact) mass is 178 g/mol. The highest BCUT2D eigenvalue weighted by atomic mass is 16.5. The Hall–Kier alpha value is -2.09. The van der Waals surface area contributed by atoms with Crippen LogP contribution in [0, 0.1) is 11.3 Å². The van der Waals surface area contributed by atoms with Gasteiger partial charge in [0, 0.05) is 6.20 Å². The number of rotatable bonds is 1. The molecule has 1 N–H and O–H groups in total. The van der Waals surface area contributed by atoms with Gasteiger partial charge in [-0.1, -0.05) is 0 Å². The Labute approximate surface area is 74.2 Å². The van der Waals surface area contributed by atoms with E-state index in [0.29, 0.717) is 0 Å². The van der Waals surface area contributed by atoms with Crippen molar-refractivity contribution in [3.63, 3.8) is 0 Å². The molecule has 0 aliphatic rings. The molecule has 0 spiro atoms. The first-order valence-electron chi connectivity index (χ1n) is 3.36. The quantitative estimate of drug-likeness (QED) is 0.631. The first-order chi connectivity index (χ1) is 6.20.